The summed E-state index contributed by atoms with van der Waals surface area (Å²) in [5.74, 6) is 2.20. The van der Waals surface area contributed by atoms with Crippen LogP contribution in [0.4, 0.5) is 5.69 Å². The van der Waals surface area contributed by atoms with Gasteiger partial charge < -0.3 is 24.3 Å². The van der Waals surface area contributed by atoms with Crippen molar-refractivity contribution in [1.29, 1.82) is 0 Å². The Kier molecular flexibility index (Phi) is 5.62. The number of methoxy groups -OCH3 is 4. The maximum Gasteiger partial charge on any atom is 0.225 e. The van der Waals surface area contributed by atoms with Crippen LogP contribution in [0, 0.1) is 0 Å². The Morgan fingerprint density at radius 1 is 0.735 bits per heavy atom. The SMILES string of the molecule is COc1cc2c3c(c4cc(OC)c(OC)cc4c2cc1OC)C(c1ccc(Cl)cc1)CC(=O)N3. The molecule has 0 radical (unpaired) electrons. The van der Waals surface area contributed by atoms with Crippen LogP contribution in [-0.2, 0) is 4.79 Å². The normalized spacial score (nSPS) is 15.1. The maximum absolute atomic E-state index is 12.9. The van der Waals surface area contributed by atoms with Crippen molar-refractivity contribution in [2.75, 3.05) is 33.8 Å². The van der Waals surface area contributed by atoms with Crippen LogP contribution in [0.1, 0.15) is 23.5 Å². The summed E-state index contributed by atoms with van der Waals surface area (Å²) in [6.07, 6.45) is 0.316. The van der Waals surface area contributed by atoms with Crippen LogP contribution in [0.25, 0.3) is 21.5 Å². The van der Waals surface area contributed by atoms with E-state index in [2.05, 4.69) is 5.32 Å². The number of amides is 1. The number of benzene rings is 4. The average Bonchev–Trinajstić information content (AvgIpc) is 2.87. The molecular formula is C27H24ClNO5. The Morgan fingerprint density at radius 2 is 1.21 bits per heavy atom. The number of ether oxygens (including phenoxy) is 4. The molecule has 7 heteroatoms. The number of fused-ring (bicyclic) bond motifs is 6. The van der Waals surface area contributed by atoms with Gasteiger partial charge in [0.15, 0.2) is 23.0 Å². The smallest absolute Gasteiger partial charge is 0.225 e. The first kappa shape index (κ1) is 22.2. The lowest BCUT2D eigenvalue weighted by Gasteiger charge is -2.30. The van der Waals surface area contributed by atoms with Crippen molar-refractivity contribution in [2.45, 2.75) is 12.3 Å². The molecule has 1 unspecified atom stereocenters. The summed E-state index contributed by atoms with van der Waals surface area (Å²) >= 11 is 6.15. The van der Waals surface area contributed by atoms with E-state index in [1.54, 1.807) is 28.4 Å². The second-order valence-electron chi connectivity index (χ2n) is 8.15. The van der Waals surface area contributed by atoms with Gasteiger partial charge in [0.2, 0.25) is 5.91 Å². The molecule has 1 aliphatic rings. The van der Waals surface area contributed by atoms with Gasteiger partial charge in [0.05, 0.1) is 34.1 Å². The topological polar surface area (TPSA) is 66.0 Å². The van der Waals surface area contributed by atoms with E-state index >= 15 is 0 Å². The molecule has 4 aromatic carbocycles. The second-order valence-corrected chi connectivity index (χ2v) is 8.59. The number of hydrogen-bond donors (Lipinski definition) is 1. The molecule has 0 aliphatic carbocycles. The van der Waals surface area contributed by atoms with Gasteiger partial charge in [-0.1, -0.05) is 23.7 Å². The number of carbonyl (C=O) groups excluding carboxylic acids is 1. The van der Waals surface area contributed by atoms with Gasteiger partial charge in [-0.3, -0.25) is 4.79 Å². The molecule has 1 atom stereocenters. The van der Waals surface area contributed by atoms with Crippen LogP contribution in [-0.4, -0.2) is 34.3 Å². The summed E-state index contributed by atoms with van der Waals surface area (Å²) in [4.78, 5) is 12.9. The zero-order chi connectivity index (χ0) is 24.0. The van der Waals surface area contributed by atoms with Gasteiger partial charge in [0, 0.05) is 22.7 Å². The Hall–Kier alpha value is -3.64. The fourth-order valence-corrected chi connectivity index (χ4v) is 4.99. The third kappa shape index (κ3) is 3.46. The highest BCUT2D eigenvalue weighted by atomic mass is 35.5. The van der Waals surface area contributed by atoms with Crippen LogP contribution >= 0.6 is 11.6 Å². The van der Waals surface area contributed by atoms with Crippen LogP contribution in [0.5, 0.6) is 23.0 Å². The molecule has 0 saturated carbocycles. The molecule has 34 heavy (non-hydrogen) atoms. The summed E-state index contributed by atoms with van der Waals surface area (Å²) in [6, 6.07) is 15.4. The summed E-state index contributed by atoms with van der Waals surface area (Å²) in [7, 11) is 6.43. The molecule has 1 heterocycles. The third-order valence-corrected chi connectivity index (χ3v) is 6.69. The van der Waals surface area contributed by atoms with Gasteiger partial charge in [0.25, 0.3) is 0 Å². The van der Waals surface area contributed by atoms with Gasteiger partial charge >= 0.3 is 0 Å². The predicted molar refractivity (Wildman–Crippen MR) is 134 cm³/mol. The Bertz CT molecular complexity index is 1430. The Balaban J connectivity index is 1.95. The lowest BCUT2D eigenvalue weighted by atomic mass is 9.80. The highest BCUT2D eigenvalue weighted by Crippen LogP contribution is 2.50. The molecule has 0 bridgehead atoms. The molecular weight excluding hydrogens is 454 g/mol. The van der Waals surface area contributed by atoms with Crippen LogP contribution in [0.2, 0.25) is 5.02 Å². The first-order valence-corrected chi connectivity index (χ1v) is 11.2. The van der Waals surface area contributed by atoms with Gasteiger partial charge in [-0.25, -0.2) is 0 Å². The molecule has 6 nitrogen and oxygen atoms in total. The summed E-state index contributed by atoms with van der Waals surface area (Å²) < 4.78 is 22.4. The Labute approximate surface area is 202 Å². The Morgan fingerprint density at radius 3 is 1.74 bits per heavy atom. The fraction of sp³-hybridized carbons (Fsp3) is 0.222. The molecule has 0 saturated heterocycles. The van der Waals surface area contributed by atoms with Crippen molar-refractivity contribution >= 4 is 44.7 Å². The average molecular weight is 478 g/mol. The minimum atomic E-state index is -0.167. The van der Waals surface area contributed by atoms with Gasteiger partial charge in [0.1, 0.15) is 0 Å². The maximum atomic E-state index is 12.9. The monoisotopic (exact) mass is 477 g/mol. The lowest BCUT2D eigenvalue weighted by molar-refractivity contribution is -0.116. The van der Waals surface area contributed by atoms with Crippen molar-refractivity contribution in [3.63, 3.8) is 0 Å². The van der Waals surface area contributed by atoms with E-state index in [1.165, 1.54) is 0 Å². The molecule has 0 aromatic heterocycles. The van der Waals surface area contributed by atoms with Gasteiger partial charge in [-0.15, -0.1) is 0 Å². The second kappa shape index (κ2) is 8.61. The van der Waals surface area contributed by atoms with Crippen molar-refractivity contribution in [3.05, 3.63) is 64.7 Å². The largest absolute Gasteiger partial charge is 0.493 e. The fourth-order valence-electron chi connectivity index (χ4n) is 4.87. The van der Waals surface area contributed by atoms with Gasteiger partial charge in [-0.05, 0) is 63.7 Å². The summed E-state index contributed by atoms with van der Waals surface area (Å²) in [5, 5.41) is 7.47. The summed E-state index contributed by atoms with van der Waals surface area (Å²) in [5.41, 5.74) is 2.78. The lowest BCUT2D eigenvalue weighted by Crippen LogP contribution is -2.24. The predicted octanol–water partition coefficient (Wildman–Crippen LogP) is 6.15. The highest BCUT2D eigenvalue weighted by molar-refractivity contribution is 6.30. The minimum absolute atomic E-state index is 0.0524. The van der Waals surface area contributed by atoms with Crippen LogP contribution in [0.3, 0.4) is 0 Å². The third-order valence-electron chi connectivity index (χ3n) is 6.44. The minimum Gasteiger partial charge on any atom is -0.493 e. The van der Waals surface area contributed by atoms with Crippen molar-refractivity contribution in [1.82, 2.24) is 0 Å². The zero-order valence-corrected chi connectivity index (χ0v) is 20.1. The molecule has 1 amide bonds. The number of nitrogens with one attached hydrogen (secondary N) is 1. The first-order chi connectivity index (χ1) is 16.5. The van der Waals surface area contributed by atoms with Crippen molar-refractivity contribution in [3.8, 4) is 23.0 Å². The van der Waals surface area contributed by atoms with E-state index < -0.39 is 0 Å². The van der Waals surface area contributed by atoms with E-state index in [0.717, 1.165) is 38.4 Å². The number of anilines is 1. The molecule has 174 valence electrons. The number of halogens is 1. The van der Waals surface area contributed by atoms with E-state index in [1.807, 2.05) is 48.5 Å². The molecule has 5 rings (SSSR count). The van der Waals surface area contributed by atoms with Crippen LogP contribution in [0.15, 0.2) is 48.5 Å². The molecule has 0 spiro atoms. The molecule has 0 fully saturated rings. The summed E-state index contributed by atoms with van der Waals surface area (Å²) in [6.45, 7) is 0. The first-order valence-electron chi connectivity index (χ1n) is 10.8. The molecule has 1 aliphatic heterocycles. The van der Waals surface area contributed by atoms with E-state index in [9.17, 15) is 4.79 Å². The number of carbonyl (C=O) groups is 1. The number of hydrogen-bond acceptors (Lipinski definition) is 5. The van der Waals surface area contributed by atoms with E-state index in [4.69, 9.17) is 30.5 Å². The molecule has 1 N–H and O–H groups in total. The van der Waals surface area contributed by atoms with E-state index in [-0.39, 0.29) is 11.8 Å². The number of rotatable bonds is 5. The van der Waals surface area contributed by atoms with Crippen molar-refractivity contribution < 1.29 is 23.7 Å². The van der Waals surface area contributed by atoms with Crippen molar-refractivity contribution in [2.24, 2.45) is 0 Å². The quantitative estimate of drug-likeness (QED) is 0.349. The molecule has 4 aromatic rings. The van der Waals surface area contributed by atoms with Gasteiger partial charge in [-0.2, -0.15) is 0 Å². The van der Waals surface area contributed by atoms with E-state index in [0.29, 0.717) is 34.4 Å². The highest BCUT2D eigenvalue weighted by Gasteiger charge is 2.31. The standard InChI is InChI=1S/C27H24ClNO5/c1-31-21-9-17-18-10-22(32-2)24(34-4)12-20(18)27-26(19(17)11-23(21)33-3)16(13-25(30)29-27)14-5-7-15(28)8-6-14/h5-12,16H,13H2,1-4H3,(H,29,30). The van der Waals surface area contributed by atoms with Crippen LogP contribution < -0.4 is 24.3 Å². The zero-order valence-electron chi connectivity index (χ0n) is 19.3.